The largest absolute Gasteiger partial charge is 0.451 e. The first-order valence-electron chi connectivity index (χ1n) is 6.90. The maximum atomic E-state index is 13.2. The van der Waals surface area contributed by atoms with E-state index in [1.165, 1.54) is 18.6 Å². The molecule has 20 heavy (non-hydrogen) atoms. The van der Waals surface area contributed by atoms with Crippen LogP contribution in [-0.4, -0.2) is 24.0 Å². The number of fused-ring (bicyclic) bond motifs is 1. The fourth-order valence-corrected chi connectivity index (χ4v) is 2.61. The summed E-state index contributed by atoms with van der Waals surface area (Å²) in [4.78, 5) is 12.2. The lowest BCUT2D eigenvalue weighted by Gasteiger charge is -2.26. The molecule has 0 unspecified atom stereocenters. The van der Waals surface area contributed by atoms with Gasteiger partial charge in [0.1, 0.15) is 11.4 Å². The minimum Gasteiger partial charge on any atom is -0.451 e. The monoisotopic (exact) mass is 276 g/mol. The van der Waals surface area contributed by atoms with E-state index in [2.05, 4.69) is 5.43 Å². The Morgan fingerprint density at radius 2 is 2.05 bits per heavy atom. The molecule has 0 radical (unpaired) electrons. The van der Waals surface area contributed by atoms with Gasteiger partial charge in [0.25, 0.3) is 0 Å². The van der Waals surface area contributed by atoms with Gasteiger partial charge in [-0.3, -0.25) is 10.2 Å². The van der Waals surface area contributed by atoms with Crippen LogP contribution in [0.2, 0.25) is 0 Å². The van der Waals surface area contributed by atoms with Gasteiger partial charge in [-0.05, 0) is 38.0 Å². The molecular weight excluding hydrogens is 259 g/mol. The molecule has 1 N–H and O–H groups in total. The Morgan fingerprint density at radius 3 is 2.80 bits per heavy atom. The molecule has 1 fully saturated rings. The van der Waals surface area contributed by atoms with Crippen LogP contribution in [0.4, 0.5) is 4.39 Å². The SMILES string of the molecule is Cc1c(C(=O)NN2CCCCC2)oc2ccc(F)cc12. The molecule has 0 aliphatic carbocycles. The van der Waals surface area contributed by atoms with E-state index in [0.29, 0.717) is 16.5 Å². The van der Waals surface area contributed by atoms with Crippen LogP contribution in [-0.2, 0) is 0 Å². The van der Waals surface area contributed by atoms with Crippen LogP contribution in [0.5, 0.6) is 0 Å². The third-order valence-electron chi connectivity index (χ3n) is 3.72. The minimum atomic E-state index is -0.329. The number of piperidine rings is 1. The van der Waals surface area contributed by atoms with Gasteiger partial charge in [-0.2, -0.15) is 0 Å². The molecule has 1 aliphatic heterocycles. The summed E-state index contributed by atoms with van der Waals surface area (Å²) in [6.45, 7) is 3.50. The molecule has 1 amide bonds. The Hall–Kier alpha value is -1.88. The van der Waals surface area contributed by atoms with Crippen molar-refractivity contribution < 1.29 is 13.6 Å². The Kier molecular flexibility index (Phi) is 3.44. The van der Waals surface area contributed by atoms with E-state index in [9.17, 15) is 9.18 Å². The third-order valence-corrected chi connectivity index (χ3v) is 3.72. The lowest BCUT2D eigenvalue weighted by molar-refractivity contribution is 0.0722. The molecule has 4 nitrogen and oxygen atoms in total. The van der Waals surface area contributed by atoms with E-state index in [1.54, 1.807) is 13.0 Å². The zero-order valence-electron chi connectivity index (χ0n) is 11.4. The zero-order valence-corrected chi connectivity index (χ0v) is 11.4. The number of nitrogens with one attached hydrogen (secondary N) is 1. The second kappa shape index (κ2) is 5.25. The van der Waals surface area contributed by atoms with Crippen molar-refractivity contribution in [3.63, 3.8) is 0 Å². The highest BCUT2D eigenvalue weighted by molar-refractivity contribution is 5.98. The molecular formula is C15H17FN2O2. The molecule has 1 saturated heterocycles. The minimum absolute atomic E-state index is 0.260. The molecule has 1 aromatic heterocycles. The van der Waals surface area contributed by atoms with E-state index in [-0.39, 0.29) is 17.5 Å². The summed E-state index contributed by atoms with van der Waals surface area (Å²) in [5.74, 6) is -0.332. The number of amides is 1. The first kappa shape index (κ1) is 13.1. The molecule has 0 saturated carbocycles. The van der Waals surface area contributed by atoms with E-state index in [0.717, 1.165) is 25.9 Å². The van der Waals surface area contributed by atoms with Crippen molar-refractivity contribution in [3.8, 4) is 0 Å². The fourth-order valence-electron chi connectivity index (χ4n) is 2.61. The lowest BCUT2D eigenvalue weighted by atomic mass is 10.1. The van der Waals surface area contributed by atoms with Gasteiger partial charge in [-0.25, -0.2) is 9.40 Å². The van der Waals surface area contributed by atoms with E-state index >= 15 is 0 Å². The topological polar surface area (TPSA) is 45.5 Å². The average molecular weight is 276 g/mol. The number of nitrogens with zero attached hydrogens (tertiary/aromatic N) is 1. The summed E-state index contributed by atoms with van der Waals surface area (Å²) in [5, 5.41) is 2.56. The van der Waals surface area contributed by atoms with Gasteiger partial charge in [0.05, 0.1) is 0 Å². The first-order valence-corrected chi connectivity index (χ1v) is 6.90. The van der Waals surface area contributed by atoms with Crippen molar-refractivity contribution in [2.75, 3.05) is 13.1 Å². The number of aryl methyl sites for hydroxylation is 1. The predicted octanol–water partition coefficient (Wildman–Crippen LogP) is 3.01. The highest BCUT2D eigenvalue weighted by Gasteiger charge is 2.20. The molecule has 3 rings (SSSR count). The maximum absolute atomic E-state index is 13.2. The van der Waals surface area contributed by atoms with Gasteiger partial charge >= 0.3 is 5.91 Å². The molecule has 5 heteroatoms. The van der Waals surface area contributed by atoms with E-state index in [4.69, 9.17) is 4.42 Å². The number of benzene rings is 1. The van der Waals surface area contributed by atoms with Crippen molar-refractivity contribution in [1.82, 2.24) is 10.4 Å². The normalized spacial score (nSPS) is 16.5. The Labute approximate surface area is 116 Å². The van der Waals surface area contributed by atoms with E-state index < -0.39 is 0 Å². The summed E-state index contributed by atoms with van der Waals surface area (Å²) in [6, 6.07) is 4.28. The number of hydrogen-bond acceptors (Lipinski definition) is 3. The smallest absolute Gasteiger partial charge is 0.301 e. The summed E-state index contributed by atoms with van der Waals surface area (Å²) in [7, 11) is 0. The van der Waals surface area contributed by atoms with Crippen LogP contribution in [0.3, 0.4) is 0 Å². The second-order valence-electron chi connectivity index (χ2n) is 5.19. The van der Waals surface area contributed by atoms with Crippen LogP contribution in [0.1, 0.15) is 35.4 Å². The molecule has 106 valence electrons. The van der Waals surface area contributed by atoms with Crippen molar-refractivity contribution in [3.05, 3.63) is 35.3 Å². The van der Waals surface area contributed by atoms with Crippen LogP contribution in [0.15, 0.2) is 22.6 Å². The van der Waals surface area contributed by atoms with Gasteiger partial charge in [0.2, 0.25) is 0 Å². The van der Waals surface area contributed by atoms with Gasteiger partial charge in [0, 0.05) is 24.0 Å². The number of carbonyl (C=O) groups excluding carboxylic acids is 1. The predicted molar refractivity (Wildman–Crippen MR) is 73.8 cm³/mol. The quantitative estimate of drug-likeness (QED) is 0.917. The number of hydrogen-bond donors (Lipinski definition) is 1. The Morgan fingerprint density at radius 1 is 1.30 bits per heavy atom. The Bertz CT molecular complexity index is 645. The van der Waals surface area contributed by atoms with Crippen LogP contribution < -0.4 is 5.43 Å². The van der Waals surface area contributed by atoms with Crippen molar-refractivity contribution in [2.45, 2.75) is 26.2 Å². The summed E-state index contributed by atoms with van der Waals surface area (Å²) < 4.78 is 18.8. The summed E-state index contributed by atoms with van der Waals surface area (Å²) in [6.07, 6.45) is 3.38. The molecule has 1 aromatic carbocycles. The Balaban J connectivity index is 1.85. The first-order chi connectivity index (χ1) is 9.65. The molecule has 0 atom stereocenters. The standard InChI is InChI=1S/C15H17FN2O2/c1-10-12-9-11(16)5-6-13(12)20-14(10)15(19)17-18-7-3-2-4-8-18/h5-6,9H,2-4,7-8H2,1H3,(H,17,19). The summed E-state index contributed by atoms with van der Waals surface area (Å²) >= 11 is 0. The highest BCUT2D eigenvalue weighted by Crippen LogP contribution is 2.26. The highest BCUT2D eigenvalue weighted by atomic mass is 19.1. The molecule has 0 spiro atoms. The van der Waals surface area contributed by atoms with Crippen molar-refractivity contribution in [2.24, 2.45) is 0 Å². The number of halogens is 1. The van der Waals surface area contributed by atoms with Gasteiger partial charge in [-0.15, -0.1) is 0 Å². The molecule has 1 aliphatic rings. The maximum Gasteiger partial charge on any atom is 0.301 e. The fraction of sp³-hybridized carbons (Fsp3) is 0.400. The number of carbonyl (C=O) groups is 1. The van der Waals surface area contributed by atoms with Gasteiger partial charge < -0.3 is 4.42 Å². The number of rotatable bonds is 2. The number of furan rings is 1. The van der Waals surface area contributed by atoms with Gasteiger partial charge in [-0.1, -0.05) is 6.42 Å². The molecule has 2 aromatic rings. The number of hydrazine groups is 1. The molecule has 2 heterocycles. The van der Waals surface area contributed by atoms with Crippen LogP contribution in [0.25, 0.3) is 11.0 Å². The molecule has 0 bridgehead atoms. The van der Waals surface area contributed by atoms with E-state index in [1.807, 2.05) is 5.01 Å². The summed E-state index contributed by atoms with van der Waals surface area (Å²) in [5.41, 5.74) is 4.07. The average Bonchev–Trinajstić information content (AvgIpc) is 2.77. The third kappa shape index (κ3) is 2.41. The lowest BCUT2D eigenvalue weighted by Crippen LogP contribution is -2.45. The van der Waals surface area contributed by atoms with Crippen LogP contribution >= 0.6 is 0 Å². The van der Waals surface area contributed by atoms with Crippen molar-refractivity contribution >= 4 is 16.9 Å². The van der Waals surface area contributed by atoms with Crippen LogP contribution in [0, 0.1) is 12.7 Å². The van der Waals surface area contributed by atoms with Crippen molar-refractivity contribution in [1.29, 1.82) is 0 Å². The van der Waals surface area contributed by atoms with Gasteiger partial charge in [0.15, 0.2) is 5.76 Å². The second-order valence-corrected chi connectivity index (χ2v) is 5.19. The zero-order chi connectivity index (χ0) is 14.1.